The van der Waals surface area contributed by atoms with Gasteiger partial charge in [0.1, 0.15) is 0 Å². The summed E-state index contributed by atoms with van der Waals surface area (Å²) in [7, 11) is 0. The summed E-state index contributed by atoms with van der Waals surface area (Å²) < 4.78 is 0. The van der Waals surface area contributed by atoms with Gasteiger partial charge in [0.25, 0.3) is 0 Å². The van der Waals surface area contributed by atoms with Gasteiger partial charge in [-0.2, -0.15) is 5.26 Å². The summed E-state index contributed by atoms with van der Waals surface area (Å²) in [4.78, 5) is 14.1. The molecule has 0 fully saturated rings. The van der Waals surface area contributed by atoms with Crippen LogP contribution in [0.4, 0.5) is 10.5 Å². The van der Waals surface area contributed by atoms with E-state index in [0.717, 1.165) is 13.0 Å². The Hall–Kier alpha value is -2.80. The number of carbonyl (C=O) groups excluding carboxylic acids is 1. The molecule has 21 heavy (non-hydrogen) atoms. The maximum atomic E-state index is 12.3. The molecule has 0 saturated carbocycles. The normalized spacial score (nSPS) is 13.2. The molecule has 0 bridgehead atoms. The minimum Gasteiger partial charge on any atom is -0.320 e. The van der Waals surface area contributed by atoms with Gasteiger partial charge in [-0.25, -0.2) is 4.79 Å². The number of hydrogen-bond acceptors (Lipinski definition) is 2. The third-order valence-corrected chi connectivity index (χ3v) is 3.68. The van der Waals surface area contributed by atoms with Gasteiger partial charge >= 0.3 is 6.03 Å². The molecule has 4 heteroatoms. The van der Waals surface area contributed by atoms with Crippen molar-refractivity contribution in [2.24, 2.45) is 0 Å². The second-order valence-electron chi connectivity index (χ2n) is 5.06. The predicted molar refractivity (Wildman–Crippen MR) is 80.7 cm³/mol. The Balaban J connectivity index is 1.68. The van der Waals surface area contributed by atoms with Crippen LogP contribution in [0.5, 0.6) is 0 Å². The number of benzene rings is 2. The van der Waals surface area contributed by atoms with Crippen molar-refractivity contribution in [3.05, 3.63) is 65.2 Å². The molecule has 104 valence electrons. The summed E-state index contributed by atoms with van der Waals surface area (Å²) in [5, 5.41) is 11.6. The quantitative estimate of drug-likeness (QED) is 0.870. The van der Waals surface area contributed by atoms with Crippen LogP contribution in [0.25, 0.3) is 0 Å². The minimum atomic E-state index is -0.103. The zero-order valence-corrected chi connectivity index (χ0v) is 11.5. The number of hydrogen-bond donors (Lipinski definition) is 1. The molecule has 2 aromatic carbocycles. The van der Waals surface area contributed by atoms with E-state index in [4.69, 9.17) is 5.26 Å². The number of nitrogens with zero attached hydrogens (tertiary/aromatic N) is 2. The van der Waals surface area contributed by atoms with Gasteiger partial charge in [-0.05, 0) is 41.8 Å². The van der Waals surface area contributed by atoms with Gasteiger partial charge in [-0.1, -0.05) is 24.3 Å². The Morgan fingerprint density at radius 1 is 1.10 bits per heavy atom. The van der Waals surface area contributed by atoms with Gasteiger partial charge in [-0.3, -0.25) is 0 Å². The zero-order chi connectivity index (χ0) is 14.7. The highest BCUT2D eigenvalue weighted by Gasteiger charge is 2.20. The molecule has 0 radical (unpaired) electrons. The summed E-state index contributed by atoms with van der Waals surface area (Å²) in [6.45, 7) is 1.36. The number of carbonyl (C=O) groups is 1. The van der Waals surface area contributed by atoms with E-state index in [1.807, 2.05) is 12.1 Å². The number of rotatable bonds is 1. The van der Waals surface area contributed by atoms with Crippen molar-refractivity contribution >= 4 is 11.7 Å². The number of anilines is 1. The fourth-order valence-electron chi connectivity index (χ4n) is 2.50. The number of nitrogens with one attached hydrogen (secondary N) is 1. The van der Waals surface area contributed by atoms with Gasteiger partial charge in [0.15, 0.2) is 0 Å². The van der Waals surface area contributed by atoms with Crippen molar-refractivity contribution in [1.82, 2.24) is 4.90 Å². The van der Waals surface area contributed by atoms with E-state index in [2.05, 4.69) is 23.5 Å². The number of nitriles is 1. The highest BCUT2D eigenvalue weighted by molar-refractivity contribution is 5.89. The van der Waals surface area contributed by atoms with Crippen LogP contribution >= 0.6 is 0 Å². The van der Waals surface area contributed by atoms with Crippen molar-refractivity contribution in [2.45, 2.75) is 13.0 Å². The molecule has 0 atom stereocenters. The summed E-state index contributed by atoms with van der Waals surface area (Å²) >= 11 is 0. The molecule has 0 aromatic heterocycles. The molecule has 1 aliphatic rings. The Kier molecular flexibility index (Phi) is 3.57. The minimum absolute atomic E-state index is 0.103. The van der Waals surface area contributed by atoms with E-state index in [0.29, 0.717) is 17.8 Å². The zero-order valence-electron chi connectivity index (χ0n) is 11.5. The second-order valence-corrected chi connectivity index (χ2v) is 5.06. The molecule has 4 nitrogen and oxygen atoms in total. The Morgan fingerprint density at radius 3 is 2.52 bits per heavy atom. The summed E-state index contributed by atoms with van der Waals surface area (Å²) in [5.74, 6) is 0. The Labute approximate surface area is 123 Å². The van der Waals surface area contributed by atoms with Gasteiger partial charge in [0.05, 0.1) is 11.6 Å². The second kappa shape index (κ2) is 5.68. The van der Waals surface area contributed by atoms with Crippen molar-refractivity contribution in [3.8, 4) is 6.07 Å². The van der Waals surface area contributed by atoms with Crippen LogP contribution in [0, 0.1) is 11.3 Å². The maximum absolute atomic E-state index is 12.3. The number of urea groups is 1. The van der Waals surface area contributed by atoms with Crippen molar-refractivity contribution in [1.29, 1.82) is 5.26 Å². The van der Waals surface area contributed by atoms with E-state index in [1.54, 1.807) is 29.2 Å². The lowest BCUT2D eigenvalue weighted by molar-refractivity contribution is 0.206. The van der Waals surface area contributed by atoms with Gasteiger partial charge < -0.3 is 10.2 Å². The van der Waals surface area contributed by atoms with Crippen LogP contribution in [0.3, 0.4) is 0 Å². The molecule has 1 N–H and O–H groups in total. The third kappa shape index (κ3) is 2.87. The van der Waals surface area contributed by atoms with Crippen molar-refractivity contribution < 1.29 is 4.79 Å². The van der Waals surface area contributed by atoms with Crippen LogP contribution in [-0.2, 0) is 13.0 Å². The predicted octanol–water partition coefficient (Wildman–Crippen LogP) is 3.15. The van der Waals surface area contributed by atoms with Gasteiger partial charge in [0, 0.05) is 18.8 Å². The standard InChI is InChI=1S/C17H15N3O/c18-11-13-5-7-16(8-6-13)19-17(21)20-10-9-14-3-1-2-4-15(14)12-20/h1-8H,9-10,12H2,(H,19,21). The smallest absolute Gasteiger partial charge is 0.320 e. The molecule has 1 aliphatic heterocycles. The average molecular weight is 277 g/mol. The van der Waals surface area contributed by atoms with Crippen LogP contribution in [0.15, 0.2) is 48.5 Å². The fourth-order valence-corrected chi connectivity index (χ4v) is 2.50. The monoisotopic (exact) mass is 277 g/mol. The topological polar surface area (TPSA) is 56.1 Å². The van der Waals surface area contributed by atoms with Gasteiger partial charge in [0.2, 0.25) is 0 Å². The first-order valence-corrected chi connectivity index (χ1v) is 6.89. The number of fused-ring (bicyclic) bond motifs is 1. The molecule has 2 aromatic rings. The van der Waals surface area contributed by atoms with Crippen LogP contribution < -0.4 is 5.32 Å². The SMILES string of the molecule is N#Cc1ccc(NC(=O)N2CCc3ccccc3C2)cc1. The molecule has 0 unspecified atom stereocenters. The maximum Gasteiger partial charge on any atom is 0.322 e. The first kappa shape index (κ1) is 13.2. The molecular weight excluding hydrogens is 262 g/mol. The molecule has 0 saturated heterocycles. The summed E-state index contributed by atoms with van der Waals surface area (Å²) in [6, 6.07) is 17.1. The first-order valence-electron chi connectivity index (χ1n) is 6.89. The van der Waals surface area contributed by atoms with E-state index in [1.165, 1.54) is 11.1 Å². The van der Waals surface area contributed by atoms with E-state index < -0.39 is 0 Å². The van der Waals surface area contributed by atoms with Crippen LogP contribution in [-0.4, -0.2) is 17.5 Å². The molecule has 1 heterocycles. The Bertz CT molecular complexity index is 701. The fraction of sp³-hybridized carbons (Fsp3) is 0.176. The summed E-state index contributed by atoms with van der Waals surface area (Å²) in [6.07, 6.45) is 0.886. The number of amides is 2. The molecule has 0 spiro atoms. The lowest BCUT2D eigenvalue weighted by atomic mass is 10.0. The third-order valence-electron chi connectivity index (χ3n) is 3.68. The van der Waals surface area contributed by atoms with Gasteiger partial charge in [-0.15, -0.1) is 0 Å². The highest BCUT2D eigenvalue weighted by atomic mass is 16.2. The van der Waals surface area contributed by atoms with E-state index in [9.17, 15) is 4.79 Å². The first-order chi connectivity index (χ1) is 10.3. The molecule has 0 aliphatic carbocycles. The van der Waals surface area contributed by atoms with E-state index in [-0.39, 0.29) is 6.03 Å². The Morgan fingerprint density at radius 2 is 1.81 bits per heavy atom. The van der Waals surface area contributed by atoms with Crippen LogP contribution in [0.2, 0.25) is 0 Å². The average Bonchev–Trinajstić information content (AvgIpc) is 2.55. The molecular formula is C17H15N3O. The van der Waals surface area contributed by atoms with E-state index >= 15 is 0 Å². The molecule has 3 rings (SSSR count). The van der Waals surface area contributed by atoms with Crippen molar-refractivity contribution in [3.63, 3.8) is 0 Å². The lowest BCUT2D eigenvalue weighted by Crippen LogP contribution is -2.38. The highest BCUT2D eigenvalue weighted by Crippen LogP contribution is 2.19. The van der Waals surface area contributed by atoms with Crippen molar-refractivity contribution in [2.75, 3.05) is 11.9 Å². The van der Waals surface area contributed by atoms with Crippen LogP contribution in [0.1, 0.15) is 16.7 Å². The lowest BCUT2D eigenvalue weighted by Gasteiger charge is -2.28. The largest absolute Gasteiger partial charge is 0.322 e. The summed E-state index contributed by atoms with van der Waals surface area (Å²) in [5.41, 5.74) is 3.82. The molecule has 2 amide bonds.